The van der Waals surface area contributed by atoms with E-state index < -0.39 is 0 Å². The molecule has 1 heterocycles. The number of piperidine rings is 1. The minimum absolute atomic E-state index is 0.0622. The molecule has 1 saturated heterocycles. The summed E-state index contributed by atoms with van der Waals surface area (Å²) >= 11 is 0. The number of rotatable bonds is 5. The summed E-state index contributed by atoms with van der Waals surface area (Å²) in [6, 6.07) is 13.5. The maximum atomic E-state index is 12.9. The van der Waals surface area contributed by atoms with Crippen LogP contribution in [0.2, 0.25) is 0 Å². The van der Waals surface area contributed by atoms with E-state index in [2.05, 4.69) is 10.6 Å². The number of nitrogens with one attached hydrogen (secondary N) is 2. The van der Waals surface area contributed by atoms with Crippen molar-refractivity contribution in [3.63, 3.8) is 0 Å². The SMILES string of the molecule is O=C(Nc1cccc(OCc2ccc(F)cc2)c1)C1CCNCC1. The van der Waals surface area contributed by atoms with Crippen molar-refractivity contribution in [2.24, 2.45) is 5.92 Å². The second kappa shape index (κ2) is 7.93. The molecule has 1 amide bonds. The first-order valence-electron chi connectivity index (χ1n) is 8.19. The van der Waals surface area contributed by atoms with Crippen molar-refractivity contribution in [3.05, 3.63) is 59.9 Å². The van der Waals surface area contributed by atoms with E-state index in [1.807, 2.05) is 24.3 Å². The lowest BCUT2D eigenvalue weighted by Crippen LogP contribution is -2.34. The van der Waals surface area contributed by atoms with Gasteiger partial charge >= 0.3 is 0 Å². The van der Waals surface area contributed by atoms with Crippen molar-refractivity contribution in [2.45, 2.75) is 19.4 Å². The van der Waals surface area contributed by atoms with Crippen molar-refractivity contribution in [3.8, 4) is 5.75 Å². The zero-order chi connectivity index (χ0) is 16.8. The van der Waals surface area contributed by atoms with Crippen LogP contribution in [-0.2, 0) is 11.4 Å². The number of carbonyl (C=O) groups excluding carboxylic acids is 1. The van der Waals surface area contributed by atoms with E-state index in [9.17, 15) is 9.18 Å². The average molecular weight is 328 g/mol. The molecule has 2 aromatic rings. The van der Waals surface area contributed by atoms with Gasteiger partial charge in [0, 0.05) is 17.7 Å². The van der Waals surface area contributed by atoms with E-state index in [4.69, 9.17) is 4.74 Å². The number of amides is 1. The highest BCUT2D eigenvalue weighted by atomic mass is 19.1. The Morgan fingerprint density at radius 2 is 1.92 bits per heavy atom. The standard InChI is InChI=1S/C19H21FN2O2/c20-16-6-4-14(5-7-16)13-24-18-3-1-2-17(12-18)22-19(23)15-8-10-21-11-9-15/h1-7,12,15,21H,8-11,13H2,(H,22,23). The maximum absolute atomic E-state index is 12.9. The Morgan fingerprint density at radius 3 is 2.67 bits per heavy atom. The van der Waals surface area contributed by atoms with E-state index in [0.29, 0.717) is 12.4 Å². The van der Waals surface area contributed by atoms with Crippen molar-refractivity contribution < 1.29 is 13.9 Å². The summed E-state index contributed by atoms with van der Waals surface area (Å²) in [5, 5.41) is 6.22. The molecule has 1 aliphatic rings. The summed E-state index contributed by atoms with van der Waals surface area (Å²) in [5.74, 6) is 0.533. The van der Waals surface area contributed by atoms with Crippen LogP contribution in [-0.4, -0.2) is 19.0 Å². The molecule has 3 rings (SSSR count). The molecule has 0 atom stereocenters. The van der Waals surface area contributed by atoms with Gasteiger partial charge in [-0.2, -0.15) is 0 Å². The lowest BCUT2D eigenvalue weighted by atomic mass is 9.97. The first kappa shape index (κ1) is 16.5. The minimum atomic E-state index is -0.263. The first-order chi connectivity index (χ1) is 11.7. The van der Waals surface area contributed by atoms with Crippen LogP contribution in [0.3, 0.4) is 0 Å². The van der Waals surface area contributed by atoms with Crippen molar-refractivity contribution in [2.75, 3.05) is 18.4 Å². The molecule has 0 aliphatic carbocycles. The maximum Gasteiger partial charge on any atom is 0.227 e. The molecule has 2 aromatic carbocycles. The van der Waals surface area contributed by atoms with Crippen LogP contribution in [0.25, 0.3) is 0 Å². The number of halogens is 1. The van der Waals surface area contributed by atoms with Gasteiger partial charge in [-0.3, -0.25) is 4.79 Å². The zero-order valence-electron chi connectivity index (χ0n) is 13.4. The van der Waals surface area contributed by atoms with E-state index in [1.54, 1.807) is 12.1 Å². The summed E-state index contributed by atoms with van der Waals surface area (Å²) in [6.07, 6.45) is 1.74. The highest BCUT2D eigenvalue weighted by Crippen LogP contribution is 2.21. The zero-order valence-corrected chi connectivity index (χ0v) is 13.4. The summed E-state index contributed by atoms with van der Waals surface area (Å²) in [5.41, 5.74) is 1.62. The van der Waals surface area contributed by atoms with Gasteiger partial charge in [0.1, 0.15) is 18.2 Å². The van der Waals surface area contributed by atoms with E-state index in [0.717, 1.165) is 37.2 Å². The summed E-state index contributed by atoms with van der Waals surface area (Å²) in [6.45, 7) is 2.13. The normalized spacial score (nSPS) is 15.0. The van der Waals surface area contributed by atoms with Crippen LogP contribution < -0.4 is 15.4 Å². The minimum Gasteiger partial charge on any atom is -0.489 e. The molecule has 4 nitrogen and oxygen atoms in total. The van der Waals surface area contributed by atoms with Gasteiger partial charge in [-0.15, -0.1) is 0 Å². The Bertz CT molecular complexity index is 682. The quantitative estimate of drug-likeness (QED) is 0.885. The van der Waals surface area contributed by atoms with Crippen LogP contribution in [0.1, 0.15) is 18.4 Å². The summed E-state index contributed by atoms with van der Waals surface area (Å²) in [7, 11) is 0. The molecule has 0 unspecified atom stereocenters. The molecule has 0 radical (unpaired) electrons. The molecule has 126 valence electrons. The average Bonchev–Trinajstić information content (AvgIpc) is 2.62. The molecular weight excluding hydrogens is 307 g/mol. The number of hydrogen-bond acceptors (Lipinski definition) is 3. The Morgan fingerprint density at radius 1 is 1.17 bits per heavy atom. The molecule has 0 spiro atoms. The Balaban J connectivity index is 1.57. The van der Waals surface area contributed by atoms with Gasteiger partial charge in [0.2, 0.25) is 5.91 Å². The van der Waals surface area contributed by atoms with Crippen molar-refractivity contribution >= 4 is 11.6 Å². The predicted octanol–water partition coefficient (Wildman–Crippen LogP) is 3.34. The van der Waals surface area contributed by atoms with Gasteiger partial charge in [0.05, 0.1) is 0 Å². The van der Waals surface area contributed by atoms with Crippen LogP contribution in [0.15, 0.2) is 48.5 Å². The highest BCUT2D eigenvalue weighted by Gasteiger charge is 2.20. The summed E-state index contributed by atoms with van der Waals surface area (Å²) in [4.78, 5) is 12.3. The Hall–Kier alpha value is -2.40. The van der Waals surface area contributed by atoms with Crippen molar-refractivity contribution in [1.82, 2.24) is 5.32 Å². The molecule has 0 saturated carbocycles. The largest absolute Gasteiger partial charge is 0.489 e. The lowest BCUT2D eigenvalue weighted by molar-refractivity contribution is -0.120. The third-order valence-corrected chi connectivity index (χ3v) is 4.13. The fourth-order valence-corrected chi connectivity index (χ4v) is 2.74. The lowest BCUT2D eigenvalue weighted by Gasteiger charge is -2.21. The van der Waals surface area contributed by atoms with Gasteiger partial charge in [0.15, 0.2) is 0 Å². The molecular formula is C19H21FN2O2. The molecule has 24 heavy (non-hydrogen) atoms. The smallest absolute Gasteiger partial charge is 0.227 e. The number of hydrogen-bond donors (Lipinski definition) is 2. The van der Waals surface area contributed by atoms with Crippen LogP contribution in [0, 0.1) is 11.7 Å². The Labute approximate surface area is 141 Å². The Kier molecular flexibility index (Phi) is 5.43. The van der Waals surface area contributed by atoms with Crippen LogP contribution >= 0.6 is 0 Å². The van der Waals surface area contributed by atoms with E-state index in [1.165, 1.54) is 12.1 Å². The fraction of sp³-hybridized carbons (Fsp3) is 0.316. The van der Waals surface area contributed by atoms with Gasteiger partial charge in [-0.25, -0.2) is 4.39 Å². The molecule has 0 bridgehead atoms. The third kappa shape index (κ3) is 4.55. The molecule has 1 fully saturated rings. The van der Waals surface area contributed by atoms with Gasteiger partial charge in [-0.1, -0.05) is 18.2 Å². The van der Waals surface area contributed by atoms with E-state index >= 15 is 0 Å². The van der Waals surface area contributed by atoms with Crippen molar-refractivity contribution in [1.29, 1.82) is 0 Å². The van der Waals surface area contributed by atoms with Crippen LogP contribution in [0.4, 0.5) is 10.1 Å². The first-order valence-corrected chi connectivity index (χ1v) is 8.19. The summed E-state index contributed by atoms with van der Waals surface area (Å²) < 4.78 is 18.6. The molecule has 5 heteroatoms. The highest BCUT2D eigenvalue weighted by molar-refractivity contribution is 5.92. The van der Waals surface area contributed by atoms with Gasteiger partial charge in [0.25, 0.3) is 0 Å². The second-order valence-electron chi connectivity index (χ2n) is 5.96. The third-order valence-electron chi connectivity index (χ3n) is 4.13. The number of anilines is 1. The monoisotopic (exact) mass is 328 g/mol. The number of ether oxygens (including phenoxy) is 1. The molecule has 2 N–H and O–H groups in total. The second-order valence-corrected chi connectivity index (χ2v) is 5.96. The van der Waals surface area contributed by atoms with Gasteiger partial charge in [-0.05, 0) is 55.8 Å². The molecule has 1 aliphatic heterocycles. The number of carbonyl (C=O) groups is 1. The number of benzene rings is 2. The van der Waals surface area contributed by atoms with Gasteiger partial charge < -0.3 is 15.4 Å². The van der Waals surface area contributed by atoms with E-state index in [-0.39, 0.29) is 17.6 Å². The van der Waals surface area contributed by atoms with Crippen LogP contribution in [0.5, 0.6) is 5.75 Å². The fourth-order valence-electron chi connectivity index (χ4n) is 2.74. The molecule has 0 aromatic heterocycles. The predicted molar refractivity (Wildman–Crippen MR) is 91.4 cm³/mol. The topological polar surface area (TPSA) is 50.4 Å².